The molecule has 0 saturated heterocycles. The van der Waals surface area contributed by atoms with Crippen molar-refractivity contribution in [3.8, 4) is 11.4 Å². The zero-order chi connectivity index (χ0) is 22.5. The van der Waals surface area contributed by atoms with Crippen molar-refractivity contribution in [3.63, 3.8) is 0 Å². The van der Waals surface area contributed by atoms with Gasteiger partial charge in [0.1, 0.15) is 17.3 Å². The summed E-state index contributed by atoms with van der Waals surface area (Å²) in [5, 5.41) is 1.49. The van der Waals surface area contributed by atoms with Gasteiger partial charge < -0.3 is 9.55 Å². The van der Waals surface area contributed by atoms with E-state index in [1.54, 1.807) is 6.20 Å². The fraction of sp³-hybridized carbons (Fsp3) is 0.440. The van der Waals surface area contributed by atoms with Crippen molar-refractivity contribution < 1.29 is 8.78 Å². The zero-order valence-electron chi connectivity index (χ0n) is 19.1. The van der Waals surface area contributed by atoms with Gasteiger partial charge in [-0.25, -0.2) is 18.7 Å². The van der Waals surface area contributed by atoms with Gasteiger partial charge in [-0.1, -0.05) is 34.1 Å². The Bertz CT molecular complexity index is 1240. The molecule has 0 amide bonds. The third-order valence-corrected chi connectivity index (χ3v) is 6.31. The number of rotatable bonds is 5. The van der Waals surface area contributed by atoms with E-state index in [0.717, 1.165) is 35.6 Å². The molecule has 164 valence electrons. The van der Waals surface area contributed by atoms with E-state index in [-0.39, 0.29) is 17.0 Å². The van der Waals surface area contributed by atoms with Crippen molar-refractivity contribution in [2.24, 2.45) is 11.3 Å². The summed E-state index contributed by atoms with van der Waals surface area (Å²) >= 11 is 0. The van der Waals surface area contributed by atoms with Gasteiger partial charge >= 0.3 is 0 Å². The lowest BCUT2D eigenvalue weighted by atomic mass is 9.76. The average Bonchev–Trinajstić information content (AvgIpc) is 3.29. The molecule has 3 aromatic heterocycles. The number of benzene rings is 1. The summed E-state index contributed by atoms with van der Waals surface area (Å²) in [5.41, 5.74) is 2.84. The van der Waals surface area contributed by atoms with E-state index in [2.05, 4.69) is 57.2 Å². The Morgan fingerprint density at radius 1 is 1.10 bits per heavy atom. The third-order valence-electron chi connectivity index (χ3n) is 6.31. The fourth-order valence-corrected chi connectivity index (χ4v) is 4.42. The van der Waals surface area contributed by atoms with Crippen molar-refractivity contribution in [1.29, 1.82) is 0 Å². The van der Waals surface area contributed by atoms with Gasteiger partial charge in [0.2, 0.25) is 0 Å². The van der Waals surface area contributed by atoms with Crippen molar-refractivity contribution >= 4 is 21.9 Å². The minimum Gasteiger partial charge on any atom is -0.358 e. The Morgan fingerprint density at radius 2 is 1.84 bits per heavy atom. The van der Waals surface area contributed by atoms with Crippen molar-refractivity contribution in [2.45, 2.75) is 60.4 Å². The molecule has 0 aliphatic heterocycles. The van der Waals surface area contributed by atoms with Gasteiger partial charge in [-0.2, -0.15) is 0 Å². The lowest BCUT2D eigenvalue weighted by Gasteiger charge is -2.29. The van der Waals surface area contributed by atoms with Gasteiger partial charge in [-0.15, -0.1) is 0 Å². The van der Waals surface area contributed by atoms with Crippen LogP contribution >= 0.6 is 0 Å². The molecule has 1 N–H and O–H groups in total. The predicted molar refractivity (Wildman–Crippen MR) is 122 cm³/mol. The topological polar surface area (TPSA) is 46.5 Å². The van der Waals surface area contributed by atoms with E-state index in [1.807, 2.05) is 6.20 Å². The van der Waals surface area contributed by atoms with E-state index < -0.39 is 11.6 Å². The van der Waals surface area contributed by atoms with E-state index in [9.17, 15) is 8.78 Å². The predicted octanol–water partition coefficient (Wildman–Crippen LogP) is 7.05. The van der Waals surface area contributed by atoms with Crippen LogP contribution in [-0.2, 0) is 6.42 Å². The average molecular weight is 425 g/mol. The van der Waals surface area contributed by atoms with Gasteiger partial charge in [0.25, 0.3) is 0 Å². The molecule has 0 aliphatic rings. The molecule has 0 fully saturated rings. The highest BCUT2D eigenvalue weighted by Crippen LogP contribution is 2.35. The summed E-state index contributed by atoms with van der Waals surface area (Å²) in [7, 11) is 0. The van der Waals surface area contributed by atoms with Crippen molar-refractivity contribution in [2.75, 3.05) is 0 Å². The van der Waals surface area contributed by atoms with Crippen LogP contribution in [0.15, 0.2) is 30.6 Å². The van der Waals surface area contributed by atoms with Gasteiger partial charge in [0.15, 0.2) is 5.82 Å². The number of aromatic amines is 1. The molecule has 1 atom stereocenters. The first kappa shape index (κ1) is 21.5. The number of fused-ring (bicyclic) bond motifs is 2. The standard InChI is InChI=1S/C25H30F2N4/c1-7-15(25(4,5)6)10-21-17-8-9-31(14(2)3)24(17)30-23(29-21)19-13-28-22-18(19)11-16(26)12-20(22)27/h8-9,11-15,28H,7,10H2,1-6H3. The van der Waals surface area contributed by atoms with Crippen LogP contribution in [0.5, 0.6) is 0 Å². The van der Waals surface area contributed by atoms with Crippen LogP contribution in [0.3, 0.4) is 0 Å². The lowest BCUT2D eigenvalue weighted by Crippen LogP contribution is -2.22. The molecule has 0 bridgehead atoms. The maximum atomic E-state index is 14.3. The number of nitrogens with one attached hydrogen (secondary N) is 1. The number of aromatic nitrogens is 4. The highest BCUT2D eigenvalue weighted by atomic mass is 19.1. The second-order valence-corrected chi connectivity index (χ2v) is 9.74. The summed E-state index contributed by atoms with van der Waals surface area (Å²) in [5.74, 6) is -0.301. The molecule has 6 heteroatoms. The van der Waals surface area contributed by atoms with Gasteiger partial charge in [0, 0.05) is 40.8 Å². The highest BCUT2D eigenvalue weighted by molar-refractivity contribution is 5.95. The smallest absolute Gasteiger partial charge is 0.163 e. The summed E-state index contributed by atoms with van der Waals surface area (Å²) in [6.07, 6.45) is 5.57. The molecular weight excluding hydrogens is 394 g/mol. The van der Waals surface area contributed by atoms with E-state index in [1.165, 1.54) is 6.07 Å². The molecule has 4 nitrogen and oxygen atoms in total. The highest BCUT2D eigenvalue weighted by Gasteiger charge is 2.26. The first-order chi connectivity index (χ1) is 14.6. The molecular formula is C25H30F2N4. The minimum absolute atomic E-state index is 0.139. The van der Waals surface area contributed by atoms with Gasteiger partial charge in [-0.05, 0) is 43.7 Å². The summed E-state index contributed by atoms with van der Waals surface area (Å²) < 4.78 is 30.4. The second kappa shape index (κ2) is 7.74. The third kappa shape index (κ3) is 3.84. The van der Waals surface area contributed by atoms with Gasteiger partial charge in [0.05, 0.1) is 11.2 Å². The molecule has 0 radical (unpaired) electrons. The molecule has 1 aromatic carbocycles. The molecule has 31 heavy (non-hydrogen) atoms. The molecule has 1 unspecified atom stereocenters. The maximum Gasteiger partial charge on any atom is 0.163 e. The Kier molecular flexibility index (Phi) is 5.36. The van der Waals surface area contributed by atoms with Crippen molar-refractivity contribution in [1.82, 2.24) is 19.5 Å². The Morgan fingerprint density at radius 3 is 2.48 bits per heavy atom. The first-order valence-electron chi connectivity index (χ1n) is 10.9. The molecule has 0 aliphatic carbocycles. The van der Waals surface area contributed by atoms with Crippen LogP contribution < -0.4 is 0 Å². The number of hydrogen-bond donors (Lipinski definition) is 1. The van der Waals surface area contributed by atoms with E-state index in [4.69, 9.17) is 9.97 Å². The van der Waals surface area contributed by atoms with Gasteiger partial charge in [-0.3, -0.25) is 0 Å². The van der Waals surface area contributed by atoms with Crippen LogP contribution in [0.4, 0.5) is 8.78 Å². The second-order valence-electron chi connectivity index (χ2n) is 9.74. The van der Waals surface area contributed by atoms with E-state index in [0.29, 0.717) is 22.7 Å². The van der Waals surface area contributed by atoms with Crippen LogP contribution in [0.25, 0.3) is 33.3 Å². The van der Waals surface area contributed by atoms with Crippen molar-refractivity contribution in [3.05, 3.63) is 47.9 Å². The summed E-state index contributed by atoms with van der Waals surface area (Å²) in [6, 6.07) is 4.54. The SMILES string of the molecule is CCC(Cc1nc(-c2c[nH]c3c(F)cc(F)cc23)nc2c1ccn2C(C)C)C(C)(C)C. The molecule has 0 spiro atoms. The molecule has 3 heterocycles. The summed E-state index contributed by atoms with van der Waals surface area (Å²) in [4.78, 5) is 12.7. The van der Waals surface area contributed by atoms with Crippen LogP contribution in [-0.4, -0.2) is 19.5 Å². The molecule has 0 saturated carbocycles. The fourth-order valence-electron chi connectivity index (χ4n) is 4.42. The quantitative estimate of drug-likeness (QED) is 0.373. The number of H-pyrrole nitrogens is 1. The first-order valence-corrected chi connectivity index (χ1v) is 10.9. The van der Waals surface area contributed by atoms with E-state index >= 15 is 0 Å². The Labute approximate surface area is 181 Å². The largest absolute Gasteiger partial charge is 0.358 e. The molecule has 4 aromatic rings. The zero-order valence-corrected chi connectivity index (χ0v) is 19.1. The number of halogens is 2. The monoisotopic (exact) mass is 424 g/mol. The molecule has 4 rings (SSSR count). The Balaban J connectivity index is 1.96. The number of nitrogens with zero attached hydrogens (tertiary/aromatic N) is 3. The summed E-state index contributed by atoms with van der Waals surface area (Å²) in [6.45, 7) is 13.2. The number of hydrogen-bond acceptors (Lipinski definition) is 2. The van der Waals surface area contributed by atoms with Crippen LogP contribution in [0.2, 0.25) is 0 Å². The minimum atomic E-state index is -0.619. The maximum absolute atomic E-state index is 14.3. The van der Waals surface area contributed by atoms with Crippen LogP contribution in [0, 0.1) is 23.0 Å². The Hall–Kier alpha value is -2.76. The normalized spacial score (nSPS) is 13.6. The van der Waals surface area contributed by atoms with Crippen LogP contribution in [0.1, 0.15) is 59.7 Å². The lowest BCUT2D eigenvalue weighted by molar-refractivity contribution is 0.230.